The van der Waals surface area contributed by atoms with Crippen molar-refractivity contribution in [3.05, 3.63) is 35.7 Å². The minimum atomic E-state index is -1.58. The molecule has 9 heteroatoms. The standard InChI is InChI=1S/C19H24FN5O2S/c1-11(2)24-17-13(18(26)22-8-16(20)19(3,4)27)6-23-25-9-12(5-14(17)25)15-7-21-10-28-15/h5-7,9-11,16,24,27H,8H2,1-4H3,(H,22,26). The van der Waals surface area contributed by atoms with E-state index in [4.69, 9.17) is 0 Å². The second-order valence-electron chi connectivity index (χ2n) is 7.49. The number of nitrogens with one attached hydrogen (secondary N) is 2. The number of amides is 1. The summed E-state index contributed by atoms with van der Waals surface area (Å²) in [6.45, 7) is 6.38. The quantitative estimate of drug-likeness (QED) is 0.562. The second-order valence-corrected chi connectivity index (χ2v) is 8.37. The molecule has 1 unspecified atom stereocenters. The van der Waals surface area contributed by atoms with Gasteiger partial charge in [0.1, 0.15) is 6.17 Å². The summed E-state index contributed by atoms with van der Waals surface area (Å²) in [5.74, 6) is -0.453. The van der Waals surface area contributed by atoms with Crippen LogP contribution in [0.4, 0.5) is 10.1 Å². The first-order valence-electron chi connectivity index (χ1n) is 8.98. The molecule has 0 aromatic carbocycles. The molecular weight excluding hydrogens is 381 g/mol. The lowest BCUT2D eigenvalue weighted by molar-refractivity contribution is -0.00177. The summed E-state index contributed by atoms with van der Waals surface area (Å²) >= 11 is 1.52. The van der Waals surface area contributed by atoms with Crippen LogP contribution in [0.1, 0.15) is 38.1 Å². The summed E-state index contributed by atoms with van der Waals surface area (Å²) in [4.78, 5) is 17.8. The summed E-state index contributed by atoms with van der Waals surface area (Å²) in [7, 11) is 0. The van der Waals surface area contributed by atoms with E-state index in [9.17, 15) is 14.3 Å². The largest absolute Gasteiger partial charge is 0.387 e. The summed E-state index contributed by atoms with van der Waals surface area (Å²) in [6, 6.07) is 2.02. The van der Waals surface area contributed by atoms with Crippen molar-refractivity contribution in [1.29, 1.82) is 0 Å². The van der Waals surface area contributed by atoms with Crippen molar-refractivity contribution in [3.63, 3.8) is 0 Å². The average molecular weight is 405 g/mol. The Bertz CT molecular complexity index is 963. The van der Waals surface area contributed by atoms with Crippen molar-refractivity contribution in [2.45, 2.75) is 45.5 Å². The number of thiazole rings is 1. The molecule has 0 aliphatic rings. The SMILES string of the molecule is CC(C)Nc1c(C(=O)NCC(F)C(C)(C)O)cnn2cc(-c3cncs3)cc12. The Morgan fingerprint density at radius 3 is 2.75 bits per heavy atom. The van der Waals surface area contributed by atoms with E-state index in [1.165, 1.54) is 31.4 Å². The van der Waals surface area contributed by atoms with Crippen LogP contribution in [0.5, 0.6) is 0 Å². The smallest absolute Gasteiger partial charge is 0.255 e. The molecule has 0 aliphatic carbocycles. The maximum Gasteiger partial charge on any atom is 0.255 e. The number of aliphatic hydroxyl groups is 1. The van der Waals surface area contributed by atoms with E-state index in [1.807, 2.05) is 26.1 Å². The molecular formula is C19H24FN5O2S. The van der Waals surface area contributed by atoms with Gasteiger partial charge in [0.15, 0.2) is 0 Å². The molecule has 3 rings (SSSR count). The highest BCUT2D eigenvalue weighted by Gasteiger charge is 2.27. The van der Waals surface area contributed by atoms with Crippen LogP contribution in [-0.2, 0) is 0 Å². The van der Waals surface area contributed by atoms with Crippen molar-refractivity contribution >= 4 is 28.4 Å². The minimum Gasteiger partial charge on any atom is -0.387 e. The lowest BCUT2D eigenvalue weighted by Gasteiger charge is -2.23. The van der Waals surface area contributed by atoms with E-state index in [2.05, 4.69) is 20.7 Å². The first-order valence-corrected chi connectivity index (χ1v) is 9.86. The molecule has 3 N–H and O–H groups in total. The fraction of sp³-hybridized carbons (Fsp3) is 0.421. The molecule has 0 spiro atoms. The van der Waals surface area contributed by atoms with E-state index >= 15 is 0 Å². The van der Waals surface area contributed by atoms with E-state index < -0.39 is 17.7 Å². The lowest BCUT2D eigenvalue weighted by Crippen LogP contribution is -2.42. The number of fused-ring (bicyclic) bond motifs is 1. The predicted molar refractivity (Wildman–Crippen MR) is 109 cm³/mol. The van der Waals surface area contributed by atoms with Crippen molar-refractivity contribution in [3.8, 4) is 10.4 Å². The van der Waals surface area contributed by atoms with Gasteiger partial charge in [-0.05, 0) is 33.8 Å². The van der Waals surface area contributed by atoms with Crippen LogP contribution >= 0.6 is 11.3 Å². The molecule has 0 bridgehead atoms. The zero-order chi connectivity index (χ0) is 20.5. The molecule has 7 nitrogen and oxygen atoms in total. The first-order chi connectivity index (χ1) is 13.2. The van der Waals surface area contributed by atoms with Gasteiger partial charge >= 0.3 is 0 Å². The fourth-order valence-corrected chi connectivity index (χ4v) is 3.29. The number of hydrogen-bond donors (Lipinski definition) is 3. The van der Waals surface area contributed by atoms with Gasteiger partial charge in [0.05, 0.1) is 45.5 Å². The number of rotatable bonds is 7. The van der Waals surface area contributed by atoms with Gasteiger partial charge in [-0.2, -0.15) is 5.10 Å². The third-order valence-corrected chi connectivity index (χ3v) is 5.06. The van der Waals surface area contributed by atoms with Gasteiger partial charge in [-0.1, -0.05) is 0 Å². The number of anilines is 1. The second kappa shape index (κ2) is 7.84. The van der Waals surface area contributed by atoms with Crippen LogP contribution < -0.4 is 10.6 Å². The molecule has 3 aromatic heterocycles. The maximum absolute atomic E-state index is 14.0. The van der Waals surface area contributed by atoms with Gasteiger partial charge < -0.3 is 15.7 Å². The molecule has 0 saturated heterocycles. The number of halogens is 1. The van der Waals surface area contributed by atoms with Crippen molar-refractivity contribution in [1.82, 2.24) is 19.9 Å². The Kier molecular flexibility index (Phi) is 5.66. The number of nitrogens with zero attached hydrogens (tertiary/aromatic N) is 3. The number of hydrogen-bond acceptors (Lipinski definition) is 6. The molecule has 3 aromatic rings. The summed E-state index contributed by atoms with van der Waals surface area (Å²) in [5, 5.41) is 19.9. The molecule has 0 radical (unpaired) electrons. The summed E-state index contributed by atoms with van der Waals surface area (Å²) in [5.41, 5.74) is 2.86. The Labute approximate surface area is 166 Å². The monoisotopic (exact) mass is 405 g/mol. The van der Waals surface area contributed by atoms with Crippen LogP contribution in [0.15, 0.2) is 30.2 Å². The van der Waals surface area contributed by atoms with E-state index in [0.717, 1.165) is 16.0 Å². The Morgan fingerprint density at radius 2 is 2.14 bits per heavy atom. The van der Waals surface area contributed by atoms with Crippen LogP contribution in [0.3, 0.4) is 0 Å². The Morgan fingerprint density at radius 1 is 1.39 bits per heavy atom. The molecule has 0 fully saturated rings. The molecule has 150 valence electrons. The Balaban J connectivity index is 1.96. The third kappa shape index (κ3) is 4.31. The highest BCUT2D eigenvalue weighted by atomic mass is 32.1. The third-order valence-electron chi connectivity index (χ3n) is 4.24. The fourth-order valence-electron chi connectivity index (χ4n) is 2.69. The van der Waals surface area contributed by atoms with Crippen LogP contribution in [-0.4, -0.2) is 50.0 Å². The van der Waals surface area contributed by atoms with Gasteiger partial charge in [-0.15, -0.1) is 11.3 Å². The van der Waals surface area contributed by atoms with Crippen LogP contribution in [0.25, 0.3) is 16.0 Å². The summed E-state index contributed by atoms with van der Waals surface area (Å²) in [6.07, 6.45) is 3.53. The lowest BCUT2D eigenvalue weighted by atomic mass is 10.0. The van der Waals surface area contributed by atoms with E-state index in [0.29, 0.717) is 11.3 Å². The van der Waals surface area contributed by atoms with Crippen molar-refractivity contribution in [2.75, 3.05) is 11.9 Å². The number of alkyl halides is 1. The topological polar surface area (TPSA) is 91.5 Å². The predicted octanol–water partition coefficient (Wildman–Crippen LogP) is 3.12. The molecule has 1 amide bonds. The average Bonchev–Trinajstić information content (AvgIpc) is 3.27. The molecule has 0 saturated carbocycles. The molecule has 1 atom stereocenters. The molecule has 3 heterocycles. The highest BCUT2D eigenvalue weighted by molar-refractivity contribution is 7.13. The highest BCUT2D eigenvalue weighted by Crippen LogP contribution is 2.30. The molecule has 0 aliphatic heterocycles. The zero-order valence-electron chi connectivity index (χ0n) is 16.2. The van der Waals surface area contributed by atoms with E-state index in [1.54, 1.807) is 16.2 Å². The summed E-state index contributed by atoms with van der Waals surface area (Å²) < 4.78 is 15.7. The van der Waals surface area contributed by atoms with Gasteiger partial charge in [-0.3, -0.25) is 9.78 Å². The zero-order valence-corrected chi connectivity index (χ0v) is 17.0. The normalized spacial score (nSPS) is 13.1. The number of aromatic nitrogens is 3. The molecule has 28 heavy (non-hydrogen) atoms. The van der Waals surface area contributed by atoms with Crippen molar-refractivity contribution < 1.29 is 14.3 Å². The number of carbonyl (C=O) groups excluding carboxylic acids is 1. The Hall–Kier alpha value is -2.52. The van der Waals surface area contributed by atoms with Gasteiger partial charge in [0, 0.05) is 24.0 Å². The van der Waals surface area contributed by atoms with Crippen molar-refractivity contribution in [2.24, 2.45) is 0 Å². The van der Waals surface area contributed by atoms with Gasteiger partial charge in [0.2, 0.25) is 0 Å². The van der Waals surface area contributed by atoms with Crippen LogP contribution in [0.2, 0.25) is 0 Å². The maximum atomic E-state index is 14.0. The van der Waals surface area contributed by atoms with Gasteiger partial charge in [-0.25, -0.2) is 8.91 Å². The minimum absolute atomic E-state index is 0.0739. The van der Waals surface area contributed by atoms with Crippen LogP contribution in [0, 0.1) is 0 Å². The van der Waals surface area contributed by atoms with E-state index in [-0.39, 0.29) is 12.6 Å². The van der Waals surface area contributed by atoms with Gasteiger partial charge in [0.25, 0.3) is 5.91 Å². The number of carbonyl (C=O) groups is 1. The first kappa shape index (κ1) is 20.2.